The van der Waals surface area contributed by atoms with E-state index in [9.17, 15) is 22.8 Å². The zero-order chi connectivity index (χ0) is 11.6. The van der Waals surface area contributed by atoms with Crippen molar-refractivity contribution in [1.82, 2.24) is 4.90 Å². The molecule has 86 valence electrons. The first-order chi connectivity index (χ1) is 6.80. The van der Waals surface area contributed by atoms with Crippen LogP contribution < -0.4 is 5.73 Å². The molecular formula is C8H11F3N2O2. The fourth-order valence-electron chi connectivity index (χ4n) is 1.51. The van der Waals surface area contributed by atoms with E-state index in [2.05, 4.69) is 0 Å². The van der Waals surface area contributed by atoms with Crippen molar-refractivity contribution < 1.29 is 22.8 Å². The molecule has 1 heterocycles. The van der Waals surface area contributed by atoms with Gasteiger partial charge in [-0.1, -0.05) is 0 Å². The molecule has 0 aliphatic carbocycles. The third-order valence-electron chi connectivity index (χ3n) is 2.33. The Morgan fingerprint density at radius 1 is 1.53 bits per heavy atom. The molecule has 2 N–H and O–H groups in total. The Kier molecular flexibility index (Phi) is 3.21. The van der Waals surface area contributed by atoms with Crippen molar-refractivity contribution in [2.24, 2.45) is 11.7 Å². The van der Waals surface area contributed by atoms with Gasteiger partial charge < -0.3 is 10.6 Å². The lowest BCUT2D eigenvalue weighted by Gasteiger charge is -2.31. The number of alkyl halides is 3. The topological polar surface area (TPSA) is 63.4 Å². The largest absolute Gasteiger partial charge is 0.392 e. The van der Waals surface area contributed by atoms with Crippen LogP contribution in [0.2, 0.25) is 0 Å². The van der Waals surface area contributed by atoms with Crippen LogP contribution in [0.4, 0.5) is 13.2 Å². The minimum atomic E-state index is -4.34. The average Bonchev–Trinajstić information content (AvgIpc) is 2.05. The zero-order valence-corrected chi connectivity index (χ0v) is 7.88. The first-order valence-corrected chi connectivity index (χ1v) is 4.43. The lowest BCUT2D eigenvalue weighted by molar-refractivity contribution is -0.189. The van der Waals surface area contributed by atoms with Gasteiger partial charge in [-0.05, 0) is 6.42 Å². The predicted octanol–water partition coefficient (Wildman–Crippen LogP) is 0.273. The van der Waals surface area contributed by atoms with E-state index in [1.54, 1.807) is 0 Å². The minimum absolute atomic E-state index is 0.0635. The molecule has 0 aromatic heterocycles. The monoisotopic (exact) mass is 224 g/mol. The van der Waals surface area contributed by atoms with E-state index in [-0.39, 0.29) is 19.5 Å². The number of carbonyl (C=O) groups is 2. The quantitative estimate of drug-likeness (QED) is 0.731. The van der Waals surface area contributed by atoms with Gasteiger partial charge in [-0.3, -0.25) is 9.59 Å². The van der Waals surface area contributed by atoms with Crippen LogP contribution in [0.15, 0.2) is 0 Å². The van der Waals surface area contributed by atoms with Gasteiger partial charge in [0.2, 0.25) is 11.8 Å². The van der Waals surface area contributed by atoms with E-state index in [1.807, 2.05) is 0 Å². The fraction of sp³-hybridized carbons (Fsp3) is 0.750. The van der Waals surface area contributed by atoms with Crippen LogP contribution in [0.25, 0.3) is 0 Å². The molecule has 1 saturated heterocycles. The Morgan fingerprint density at radius 2 is 2.13 bits per heavy atom. The van der Waals surface area contributed by atoms with Crippen molar-refractivity contribution in [1.29, 1.82) is 0 Å². The molecule has 0 radical (unpaired) electrons. The third-order valence-corrected chi connectivity index (χ3v) is 2.33. The number of amides is 2. The number of rotatable bonds is 2. The van der Waals surface area contributed by atoms with Gasteiger partial charge in [-0.15, -0.1) is 0 Å². The van der Waals surface area contributed by atoms with E-state index in [0.29, 0.717) is 0 Å². The highest BCUT2D eigenvalue weighted by atomic mass is 19.4. The summed E-state index contributed by atoms with van der Waals surface area (Å²) in [5.74, 6) is -2.97. The maximum atomic E-state index is 12.2. The van der Waals surface area contributed by atoms with Gasteiger partial charge in [0.05, 0.1) is 12.5 Å². The zero-order valence-electron chi connectivity index (χ0n) is 7.88. The average molecular weight is 224 g/mol. The molecule has 15 heavy (non-hydrogen) atoms. The molecule has 4 nitrogen and oxygen atoms in total. The molecule has 7 heteroatoms. The van der Waals surface area contributed by atoms with Crippen LogP contribution in [0.1, 0.15) is 12.8 Å². The Labute approximate surface area is 84.2 Å². The molecule has 1 unspecified atom stereocenters. The molecule has 0 aromatic carbocycles. The van der Waals surface area contributed by atoms with Crippen LogP contribution in [0, 0.1) is 5.92 Å². The molecule has 0 spiro atoms. The van der Waals surface area contributed by atoms with Crippen LogP contribution >= 0.6 is 0 Å². The van der Waals surface area contributed by atoms with Crippen molar-refractivity contribution in [3.8, 4) is 0 Å². The molecular weight excluding hydrogens is 213 g/mol. The number of carbonyl (C=O) groups excluding carboxylic acids is 2. The first kappa shape index (κ1) is 11.8. The van der Waals surface area contributed by atoms with Crippen LogP contribution in [0.5, 0.6) is 0 Å². The molecule has 2 amide bonds. The Balaban J connectivity index is 2.55. The molecule has 1 fully saturated rings. The minimum Gasteiger partial charge on any atom is -0.368 e. The Morgan fingerprint density at radius 3 is 2.53 bits per heavy atom. The second-order valence-electron chi connectivity index (χ2n) is 3.51. The lowest BCUT2D eigenvalue weighted by atomic mass is 9.96. The van der Waals surface area contributed by atoms with Crippen molar-refractivity contribution in [2.75, 3.05) is 13.1 Å². The molecule has 0 aromatic rings. The standard InChI is InChI=1S/C8H11F3N2O2/c9-8(10,11)5-1-2-13(4-6(12)14)7(15)3-5/h5H,1-4H2,(H2,12,14). The maximum absolute atomic E-state index is 12.2. The molecule has 1 aliphatic heterocycles. The van der Waals surface area contributed by atoms with Crippen molar-refractivity contribution in [3.05, 3.63) is 0 Å². The summed E-state index contributed by atoms with van der Waals surface area (Å²) in [5.41, 5.74) is 4.85. The predicted molar refractivity (Wildman–Crippen MR) is 44.6 cm³/mol. The van der Waals surface area contributed by atoms with E-state index < -0.39 is 30.3 Å². The number of piperidine rings is 1. The summed E-state index contributed by atoms with van der Waals surface area (Å²) < 4.78 is 36.7. The van der Waals surface area contributed by atoms with E-state index in [0.717, 1.165) is 4.90 Å². The van der Waals surface area contributed by atoms with Crippen LogP contribution in [-0.2, 0) is 9.59 Å². The van der Waals surface area contributed by atoms with Gasteiger partial charge in [0.25, 0.3) is 0 Å². The summed E-state index contributed by atoms with van der Waals surface area (Å²) in [6.07, 6.45) is -5.09. The number of primary amides is 1. The van der Waals surface area contributed by atoms with Gasteiger partial charge in [0.1, 0.15) is 0 Å². The van der Waals surface area contributed by atoms with Gasteiger partial charge >= 0.3 is 6.18 Å². The molecule has 1 atom stereocenters. The van der Waals surface area contributed by atoms with Gasteiger partial charge in [-0.25, -0.2) is 0 Å². The summed E-state index contributed by atoms with van der Waals surface area (Å²) in [6, 6.07) is 0. The van der Waals surface area contributed by atoms with Crippen LogP contribution in [0.3, 0.4) is 0 Å². The highest BCUT2D eigenvalue weighted by Crippen LogP contribution is 2.34. The maximum Gasteiger partial charge on any atom is 0.392 e. The number of nitrogens with zero attached hydrogens (tertiary/aromatic N) is 1. The van der Waals surface area contributed by atoms with Crippen LogP contribution in [-0.4, -0.2) is 36.0 Å². The molecule has 1 rings (SSSR count). The summed E-state index contributed by atoms with van der Waals surface area (Å²) in [7, 11) is 0. The number of likely N-dealkylation sites (tertiary alicyclic amines) is 1. The third kappa shape index (κ3) is 3.10. The molecule has 0 saturated carbocycles. The second kappa shape index (κ2) is 4.08. The van der Waals surface area contributed by atoms with Crippen molar-refractivity contribution >= 4 is 11.8 Å². The Bertz CT molecular complexity index is 278. The van der Waals surface area contributed by atoms with Crippen molar-refractivity contribution in [3.63, 3.8) is 0 Å². The van der Waals surface area contributed by atoms with E-state index >= 15 is 0 Å². The summed E-state index contributed by atoms with van der Waals surface area (Å²) in [6.45, 7) is -0.366. The first-order valence-electron chi connectivity index (χ1n) is 4.43. The number of hydrogen-bond donors (Lipinski definition) is 1. The van der Waals surface area contributed by atoms with Crippen molar-refractivity contribution in [2.45, 2.75) is 19.0 Å². The van der Waals surface area contributed by atoms with E-state index in [1.165, 1.54) is 0 Å². The number of halogens is 3. The summed E-state index contributed by atoms with van der Waals surface area (Å²) in [4.78, 5) is 22.8. The Hall–Kier alpha value is -1.27. The van der Waals surface area contributed by atoms with E-state index in [4.69, 9.17) is 5.73 Å². The fourth-order valence-corrected chi connectivity index (χ4v) is 1.51. The lowest BCUT2D eigenvalue weighted by Crippen LogP contribution is -2.46. The van der Waals surface area contributed by atoms with Gasteiger partial charge in [-0.2, -0.15) is 13.2 Å². The molecule has 1 aliphatic rings. The smallest absolute Gasteiger partial charge is 0.368 e. The van der Waals surface area contributed by atoms with Gasteiger partial charge in [0.15, 0.2) is 0 Å². The normalized spacial score (nSPS) is 23.0. The highest BCUT2D eigenvalue weighted by Gasteiger charge is 2.43. The van der Waals surface area contributed by atoms with Gasteiger partial charge in [0, 0.05) is 13.0 Å². The molecule has 0 bridgehead atoms. The second-order valence-corrected chi connectivity index (χ2v) is 3.51. The number of hydrogen-bond acceptors (Lipinski definition) is 2. The highest BCUT2D eigenvalue weighted by molar-refractivity contribution is 5.84. The summed E-state index contributed by atoms with van der Waals surface area (Å²) in [5, 5.41) is 0. The number of nitrogens with two attached hydrogens (primary N) is 1. The SMILES string of the molecule is NC(=O)CN1CCC(C(F)(F)F)CC1=O. The summed E-state index contributed by atoms with van der Waals surface area (Å²) >= 11 is 0.